The highest BCUT2D eigenvalue weighted by Crippen LogP contribution is 2.29. The van der Waals surface area contributed by atoms with E-state index in [2.05, 4.69) is 5.32 Å². The molecule has 0 bridgehead atoms. The molecular weight excluding hydrogens is 342 g/mol. The first-order valence-corrected chi connectivity index (χ1v) is 9.37. The average Bonchev–Trinajstić information content (AvgIpc) is 3.05. The molecule has 1 unspecified atom stereocenters. The Kier molecular flexibility index (Phi) is 6.19. The van der Waals surface area contributed by atoms with Crippen molar-refractivity contribution in [3.8, 4) is 0 Å². The van der Waals surface area contributed by atoms with Gasteiger partial charge < -0.3 is 15.8 Å². The van der Waals surface area contributed by atoms with E-state index in [4.69, 9.17) is 10.5 Å². The summed E-state index contributed by atoms with van der Waals surface area (Å²) in [6, 6.07) is 3.21. The molecule has 1 saturated heterocycles. The van der Waals surface area contributed by atoms with Crippen molar-refractivity contribution in [2.75, 3.05) is 17.6 Å². The molecular formula is C21H31N3O3. The SMILES string of the molecule is CC=C(C)c1cc(N)c(NC(=O)C2CCCN2C(=O)OC(C)(C)C)cc1C. The van der Waals surface area contributed by atoms with E-state index in [9.17, 15) is 9.59 Å². The lowest BCUT2D eigenvalue weighted by Crippen LogP contribution is -2.45. The monoisotopic (exact) mass is 373 g/mol. The summed E-state index contributed by atoms with van der Waals surface area (Å²) in [6.45, 7) is 11.9. The number of carbonyl (C=O) groups is 2. The number of ether oxygens (including phenoxy) is 1. The van der Waals surface area contributed by atoms with Crippen molar-refractivity contribution in [2.45, 2.75) is 66.0 Å². The Bertz CT molecular complexity index is 763. The zero-order valence-corrected chi connectivity index (χ0v) is 17.2. The summed E-state index contributed by atoms with van der Waals surface area (Å²) < 4.78 is 5.43. The highest BCUT2D eigenvalue weighted by molar-refractivity contribution is 5.99. The standard InChI is InChI=1S/C21H31N3O3/c1-7-13(2)15-12-16(22)17(11-14(15)3)23-19(25)18-9-8-10-24(18)20(26)27-21(4,5)6/h7,11-12,18H,8-10,22H2,1-6H3,(H,23,25). The summed E-state index contributed by atoms with van der Waals surface area (Å²) in [5, 5.41) is 2.89. The van der Waals surface area contributed by atoms with Gasteiger partial charge in [-0.2, -0.15) is 0 Å². The van der Waals surface area contributed by atoms with Crippen molar-refractivity contribution < 1.29 is 14.3 Å². The first-order valence-electron chi connectivity index (χ1n) is 9.37. The van der Waals surface area contributed by atoms with Crippen LogP contribution in [0.5, 0.6) is 0 Å². The van der Waals surface area contributed by atoms with E-state index in [1.807, 2.05) is 59.8 Å². The Morgan fingerprint density at radius 3 is 2.59 bits per heavy atom. The number of nitrogens with one attached hydrogen (secondary N) is 1. The van der Waals surface area contributed by atoms with Crippen molar-refractivity contribution in [3.05, 3.63) is 29.3 Å². The fourth-order valence-corrected chi connectivity index (χ4v) is 3.21. The Labute approximate surface area is 161 Å². The van der Waals surface area contributed by atoms with E-state index in [1.165, 1.54) is 4.90 Å². The molecule has 0 aromatic heterocycles. The maximum absolute atomic E-state index is 12.8. The fourth-order valence-electron chi connectivity index (χ4n) is 3.21. The number of hydrogen-bond acceptors (Lipinski definition) is 4. The van der Waals surface area contributed by atoms with Crippen LogP contribution in [-0.2, 0) is 9.53 Å². The van der Waals surface area contributed by atoms with Gasteiger partial charge in [-0.1, -0.05) is 6.08 Å². The molecule has 6 heteroatoms. The van der Waals surface area contributed by atoms with Gasteiger partial charge in [0, 0.05) is 6.54 Å². The van der Waals surface area contributed by atoms with Gasteiger partial charge in [0.25, 0.3) is 0 Å². The molecule has 1 aliphatic rings. The molecule has 27 heavy (non-hydrogen) atoms. The third-order valence-corrected chi connectivity index (χ3v) is 4.70. The van der Waals surface area contributed by atoms with Crippen LogP contribution in [0.1, 0.15) is 58.6 Å². The maximum Gasteiger partial charge on any atom is 0.410 e. The molecule has 1 aromatic carbocycles. The zero-order valence-electron chi connectivity index (χ0n) is 17.2. The van der Waals surface area contributed by atoms with Crippen LogP contribution in [0.15, 0.2) is 18.2 Å². The van der Waals surface area contributed by atoms with Gasteiger partial charge in [-0.25, -0.2) is 4.79 Å². The summed E-state index contributed by atoms with van der Waals surface area (Å²) in [4.78, 5) is 26.7. The van der Waals surface area contributed by atoms with Gasteiger partial charge in [-0.15, -0.1) is 0 Å². The predicted molar refractivity (Wildman–Crippen MR) is 110 cm³/mol. The second-order valence-corrected chi connectivity index (χ2v) is 8.05. The van der Waals surface area contributed by atoms with Gasteiger partial charge in [0.15, 0.2) is 0 Å². The lowest BCUT2D eigenvalue weighted by Gasteiger charge is -2.28. The van der Waals surface area contributed by atoms with Crippen LogP contribution in [0.3, 0.4) is 0 Å². The van der Waals surface area contributed by atoms with Gasteiger partial charge in [-0.05, 0) is 83.2 Å². The lowest BCUT2D eigenvalue weighted by molar-refractivity contribution is -0.120. The van der Waals surface area contributed by atoms with Gasteiger partial charge in [0.1, 0.15) is 11.6 Å². The van der Waals surface area contributed by atoms with Gasteiger partial charge in [0.2, 0.25) is 5.91 Å². The zero-order chi connectivity index (χ0) is 20.4. The van der Waals surface area contributed by atoms with Crippen LogP contribution in [0.2, 0.25) is 0 Å². The maximum atomic E-state index is 12.8. The third-order valence-electron chi connectivity index (χ3n) is 4.70. The molecule has 148 valence electrons. The van der Waals surface area contributed by atoms with E-state index in [1.54, 1.807) is 0 Å². The minimum atomic E-state index is -0.595. The molecule has 0 aliphatic carbocycles. The minimum absolute atomic E-state index is 0.236. The van der Waals surface area contributed by atoms with Gasteiger partial charge in [-0.3, -0.25) is 9.69 Å². The number of rotatable bonds is 3. The van der Waals surface area contributed by atoms with Crippen LogP contribution >= 0.6 is 0 Å². The molecule has 1 atom stereocenters. The third kappa shape index (κ3) is 5.02. The Morgan fingerprint density at radius 2 is 2.00 bits per heavy atom. The van der Waals surface area contributed by atoms with Gasteiger partial charge in [0.05, 0.1) is 11.4 Å². The molecule has 2 rings (SSSR count). The van der Waals surface area contributed by atoms with E-state index in [0.717, 1.165) is 23.1 Å². The highest BCUT2D eigenvalue weighted by atomic mass is 16.6. The molecule has 0 spiro atoms. The van der Waals surface area contributed by atoms with Crippen molar-refractivity contribution >= 4 is 28.9 Å². The average molecular weight is 373 g/mol. The topological polar surface area (TPSA) is 84.7 Å². The summed E-state index contributed by atoms with van der Waals surface area (Å²) in [6.07, 6.45) is 2.95. The molecule has 1 fully saturated rings. The Hall–Kier alpha value is -2.50. The molecule has 6 nitrogen and oxygen atoms in total. The number of nitrogens with two attached hydrogens (primary N) is 1. The number of likely N-dealkylation sites (tertiary alicyclic amines) is 1. The van der Waals surface area contributed by atoms with Crippen molar-refractivity contribution in [1.29, 1.82) is 0 Å². The number of allylic oxidation sites excluding steroid dienone is 2. The second kappa shape index (κ2) is 8.03. The smallest absolute Gasteiger partial charge is 0.410 e. The number of amides is 2. The summed E-state index contributed by atoms with van der Waals surface area (Å²) in [7, 11) is 0. The quantitative estimate of drug-likeness (QED) is 0.772. The predicted octanol–water partition coefficient (Wildman–Crippen LogP) is 4.34. The lowest BCUT2D eigenvalue weighted by atomic mass is 9.99. The molecule has 1 aromatic rings. The number of nitrogen functional groups attached to an aromatic ring is 1. The molecule has 0 saturated carbocycles. The number of nitrogens with zero attached hydrogens (tertiary/aromatic N) is 1. The van der Waals surface area contributed by atoms with Crippen molar-refractivity contribution in [2.24, 2.45) is 0 Å². The summed E-state index contributed by atoms with van der Waals surface area (Å²) in [5.74, 6) is -0.236. The largest absolute Gasteiger partial charge is 0.444 e. The van der Waals surface area contributed by atoms with Crippen LogP contribution in [-0.4, -0.2) is 35.1 Å². The number of benzene rings is 1. The van der Waals surface area contributed by atoms with Crippen LogP contribution in [0, 0.1) is 6.92 Å². The molecule has 2 amide bonds. The number of carbonyl (C=O) groups excluding carboxylic acids is 2. The molecule has 1 heterocycles. The van der Waals surface area contributed by atoms with E-state index in [-0.39, 0.29) is 5.91 Å². The van der Waals surface area contributed by atoms with Gasteiger partial charge >= 0.3 is 6.09 Å². The first-order chi connectivity index (χ1) is 12.5. The first kappa shape index (κ1) is 20.8. The van der Waals surface area contributed by atoms with Crippen LogP contribution in [0.4, 0.5) is 16.2 Å². The summed E-state index contributed by atoms with van der Waals surface area (Å²) in [5.41, 5.74) is 9.86. The molecule has 3 N–H and O–H groups in total. The highest BCUT2D eigenvalue weighted by Gasteiger charge is 2.36. The second-order valence-electron chi connectivity index (χ2n) is 8.05. The minimum Gasteiger partial charge on any atom is -0.444 e. The van der Waals surface area contributed by atoms with Crippen molar-refractivity contribution in [1.82, 2.24) is 4.90 Å². The van der Waals surface area contributed by atoms with E-state index < -0.39 is 17.7 Å². The molecule has 1 aliphatic heterocycles. The summed E-state index contributed by atoms with van der Waals surface area (Å²) >= 11 is 0. The number of anilines is 2. The van der Waals surface area contributed by atoms with Crippen LogP contribution < -0.4 is 11.1 Å². The molecule has 0 radical (unpaired) electrons. The normalized spacial score (nSPS) is 17.8. The van der Waals surface area contributed by atoms with Crippen molar-refractivity contribution in [3.63, 3.8) is 0 Å². The van der Waals surface area contributed by atoms with E-state index >= 15 is 0 Å². The number of hydrogen-bond donors (Lipinski definition) is 2. The number of aryl methyl sites for hydroxylation is 1. The van der Waals surface area contributed by atoms with E-state index in [0.29, 0.717) is 24.3 Å². The Morgan fingerprint density at radius 1 is 1.33 bits per heavy atom. The fraction of sp³-hybridized carbons (Fsp3) is 0.524. The Balaban J connectivity index is 2.17. The van der Waals surface area contributed by atoms with Crippen LogP contribution in [0.25, 0.3) is 5.57 Å².